The molecule has 1 aliphatic rings. The molecule has 192 valence electrons. The van der Waals surface area contributed by atoms with Gasteiger partial charge in [0.2, 0.25) is 0 Å². The highest BCUT2D eigenvalue weighted by atomic mass is 16.5. The normalized spacial score (nSPS) is 15.4. The fourth-order valence-electron chi connectivity index (χ4n) is 4.53. The van der Waals surface area contributed by atoms with Crippen LogP contribution in [0.25, 0.3) is 10.9 Å². The van der Waals surface area contributed by atoms with Gasteiger partial charge in [-0.15, -0.1) is 15.0 Å². The number of hydrogen-bond acceptors (Lipinski definition) is 7. The van der Waals surface area contributed by atoms with Crippen LogP contribution in [0, 0.1) is 0 Å². The van der Waals surface area contributed by atoms with Crippen LogP contribution < -0.4 is 9.47 Å². The summed E-state index contributed by atoms with van der Waals surface area (Å²) in [5.74, 6) is 2.22. The van der Waals surface area contributed by atoms with Crippen LogP contribution in [-0.2, 0) is 24.4 Å². The van der Waals surface area contributed by atoms with Crippen molar-refractivity contribution in [1.82, 2.24) is 25.2 Å². The first-order valence-corrected chi connectivity index (χ1v) is 13.0. The molecule has 0 radical (unpaired) electrons. The smallest absolute Gasteiger partial charge is 0.179 e. The number of benzene rings is 3. The van der Waals surface area contributed by atoms with E-state index < -0.39 is 0 Å². The van der Waals surface area contributed by atoms with Crippen LogP contribution in [0.3, 0.4) is 0 Å². The van der Waals surface area contributed by atoms with Gasteiger partial charge in [-0.05, 0) is 72.0 Å². The van der Waals surface area contributed by atoms with E-state index in [0.29, 0.717) is 25.5 Å². The zero-order valence-electron chi connectivity index (χ0n) is 21.1. The Morgan fingerprint density at radius 3 is 2.37 bits per heavy atom. The van der Waals surface area contributed by atoms with Crippen LogP contribution >= 0.6 is 0 Å². The minimum Gasteiger partial charge on any atom is -0.489 e. The van der Waals surface area contributed by atoms with Gasteiger partial charge in [-0.3, -0.25) is 0 Å². The largest absolute Gasteiger partial charge is 0.489 e. The monoisotopic (exact) mass is 507 g/mol. The van der Waals surface area contributed by atoms with Gasteiger partial charge in [0, 0.05) is 18.4 Å². The minimum absolute atomic E-state index is 0.112. The molecule has 0 spiro atoms. The third-order valence-corrected chi connectivity index (χ3v) is 6.61. The number of rotatable bonds is 9. The number of pyridine rings is 1. The van der Waals surface area contributed by atoms with Gasteiger partial charge in [0.25, 0.3) is 0 Å². The second-order valence-corrected chi connectivity index (χ2v) is 9.34. The summed E-state index contributed by atoms with van der Waals surface area (Å²) >= 11 is 0. The molecule has 0 N–H and O–H groups in total. The summed E-state index contributed by atoms with van der Waals surface area (Å²) < 4.78 is 17.8. The summed E-state index contributed by atoms with van der Waals surface area (Å²) in [6, 6.07) is 28.0. The lowest BCUT2D eigenvalue weighted by molar-refractivity contribution is -0.0490. The topological polar surface area (TPSA) is 84.2 Å². The Labute approximate surface area is 221 Å². The number of ether oxygens (including phenoxy) is 3. The molecule has 5 aromatic rings. The fourth-order valence-corrected chi connectivity index (χ4v) is 4.53. The van der Waals surface area contributed by atoms with E-state index in [1.54, 1.807) is 4.80 Å². The summed E-state index contributed by atoms with van der Waals surface area (Å²) in [4.78, 5) is 6.27. The standard InChI is InChI=1S/C30H29N5O3/c1-2-9-24(23(8-1)19-29-32-34-35(33-29)30-11-5-6-18-36-30)20-37-26-14-16-27(17-15-26)38-21-25-13-12-22-7-3-4-10-28(22)31-25/h1-4,7-10,12-17,30H,5-6,11,18-21H2. The van der Waals surface area contributed by atoms with Crippen LogP contribution in [0.5, 0.6) is 11.5 Å². The maximum Gasteiger partial charge on any atom is 0.179 e. The van der Waals surface area contributed by atoms with Gasteiger partial charge in [-0.2, -0.15) is 0 Å². The predicted molar refractivity (Wildman–Crippen MR) is 143 cm³/mol. The Bertz CT molecular complexity index is 1500. The van der Waals surface area contributed by atoms with E-state index in [4.69, 9.17) is 14.2 Å². The first-order valence-electron chi connectivity index (χ1n) is 13.0. The van der Waals surface area contributed by atoms with Gasteiger partial charge in [0.15, 0.2) is 12.1 Å². The number of nitrogens with zero attached hydrogens (tertiary/aromatic N) is 5. The molecule has 0 aliphatic carbocycles. The van der Waals surface area contributed by atoms with Crippen molar-refractivity contribution < 1.29 is 14.2 Å². The molecule has 8 heteroatoms. The predicted octanol–water partition coefficient (Wildman–Crippen LogP) is 5.67. The highest BCUT2D eigenvalue weighted by molar-refractivity contribution is 5.78. The molecule has 3 heterocycles. The first-order chi connectivity index (χ1) is 18.8. The lowest BCUT2D eigenvalue weighted by Gasteiger charge is -2.20. The van der Waals surface area contributed by atoms with Crippen LogP contribution in [0.4, 0.5) is 0 Å². The Morgan fingerprint density at radius 2 is 1.55 bits per heavy atom. The van der Waals surface area contributed by atoms with Gasteiger partial charge in [0.05, 0.1) is 11.2 Å². The number of tetrazole rings is 1. The van der Waals surface area contributed by atoms with Crippen molar-refractivity contribution in [2.75, 3.05) is 6.61 Å². The van der Waals surface area contributed by atoms with E-state index in [-0.39, 0.29) is 6.23 Å². The molecule has 1 unspecified atom stereocenters. The molecule has 38 heavy (non-hydrogen) atoms. The molecular weight excluding hydrogens is 478 g/mol. The highest BCUT2D eigenvalue weighted by Gasteiger charge is 2.19. The van der Waals surface area contributed by atoms with Crippen molar-refractivity contribution in [2.45, 2.75) is 45.1 Å². The van der Waals surface area contributed by atoms with Crippen LogP contribution in [0.1, 0.15) is 48.1 Å². The molecule has 1 fully saturated rings. The summed E-state index contributed by atoms with van der Waals surface area (Å²) in [5, 5.41) is 14.2. The summed E-state index contributed by atoms with van der Waals surface area (Å²) in [6.07, 6.45) is 3.60. The lowest BCUT2D eigenvalue weighted by Crippen LogP contribution is -2.20. The number of aromatic nitrogens is 5. The van der Waals surface area contributed by atoms with E-state index >= 15 is 0 Å². The average Bonchev–Trinajstić information content (AvgIpc) is 3.45. The third-order valence-electron chi connectivity index (χ3n) is 6.61. The molecule has 1 aliphatic heterocycles. The average molecular weight is 508 g/mol. The Kier molecular flexibility index (Phi) is 7.22. The van der Waals surface area contributed by atoms with Crippen LogP contribution in [0.15, 0.2) is 84.9 Å². The van der Waals surface area contributed by atoms with E-state index in [0.717, 1.165) is 65.1 Å². The van der Waals surface area contributed by atoms with E-state index in [1.807, 2.05) is 60.7 Å². The zero-order chi connectivity index (χ0) is 25.6. The molecule has 1 saturated heterocycles. The van der Waals surface area contributed by atoms with Crippen molar-refractivity contribution in [3.05, 3.63) is 108 Å². The summed E-state index contributed by atoms with van der Waals surface area (Å²) in [6.45, 7) is 1.59. The molecule has 0 amide bonds. The van der Waals surface area contributed by atoms with Crippen molar-refractivity contribution in [2.24, 2.45) is 0 Å². The molecular formula is C30H29N5O3. The molecule has 2 aromatic heterocycles. The van der Waals surface area contributed by atoms with Crippen LogP contribution in [-0.4, -0.2) is 31.8 Å². The fraction of sp³-hybridized carbons (Fsp3) is 0.267. The maximum atomic E-state index is 6.09. The summed E-state index contributed by atoms with van der Waals surface area (Å²) in [5.41, 5.74) is 4.05. The van der Waals surface area contributed by atoms with Gasteiger partial charge in [-0.1, -0.05) is 48.5 Å². The number of fused-ring (bicyclic) bond motifs is 1. The van der Waals surface area contributed by atoms with Crippen molar-refractivity contribution in [1.29, 1.82) is 0 Å². The van der Waals surface area contributed by atoms with Crippen molar-refractivity contribution in [3.63, 3.8) is 0 Å². The molecule has 0 bridgehead atoms. The Balaban J connectivity index is 1.04. The molecule has 8 nitrogen and oxygen atoms in total. The van der Waals surface area contributed by atoms with Gasteiger partial charge < -0.3 is 14.2 Å². The van der Waals surface area contributed by atoms with Crippen molar-refractivity contribution >= 4 is 10.9 Å². The zero-order valence-corrected chi connectivity index (χ0v) is 21.1. The lowest BCUT2D eigenvalue weighted by atomic mass is 10.1. The molecule has 6 rings (SSSR count). The Hall–Kier alpha value is -4.30. The van der Waals surface area contributed by atoms with Gasteiger partial charge in [-0.25, -0.2) is 4.98 Å². The van der Waals surface area contributed by atoms with Gasteiger partial charge in [0.1, 0.15) is 24.7 Å². The number of hydrogen-bond donors (Lipinski definition) is 0. The highest BCUT2D eigenvalue weighted by Crippen LogP contribution is 2.23. The maximum absolute atomic E-state index is 6.09. The van der Waals surface area contributed by atoms with Crippen molar-refractivity contribution in [3.8, 4) is 11.5 Å². The second-order valence-electron chi connectivity index (χ2n) is 9.34. The number of para-hydroxylation sites is 1. The quantitative estimate of drug-likeness (QED) is 0.254. The minimum atomic E-state index is -0.112. The summed E-state index contributed by atoms with van der Waals surface area (Å²) in [7, 11) is 0. The SMILES string of the molecule is c1ccc(Cc2nnn(C3CCCCO3)n2)c(COc2ccc(OCc3ccc4ccccc4n3)cc2)c1. The van der Waals surface area contributed by atoms with E-state index in [9.17, 15) is 0 Å². The van der Waals surface area contributed by atoms with Crippen LogP contribution in [0.2, 0.25) is 0 Å². The Morgan fingerprint density at radius 1 is 0.789 bits per heavy atom. The second kappa shape index (κ2) is 11.4. The third kappa shape index (κ3) is 5.81. The first kappa shape index (κ1) is 24.1. The van der Waals surface area contributed by atoms with Gasteiger partial charge >= 0.3 is 0 Å². The van der Waals surface area contributed by atoms with E-state index in [1.165, 1.54) is 0 Å². The molecule has 3 aromatic carbocycles. The molecule has 1 atom stereocenters. The molecule has 0 saturated carbocycles. The van der Waals surface area contributed by atoms with E-state index in [2.05, 4.69) is 44.7 Å².